The predicted octanol–water partition coefficient (Wildman–Crippen LogP) is 3.90. The van der Waals surface area contributed by atoms with Gasteiger partial charge in [0.1, 0.15) is 61.5 Å². The lowest BCUT2D eigenvalue weighted by Crippen LogP contribution is -2.68. The molecule has 2 aliphatic rings. The van der Waals surface area contributed by atoms with E-state index < -0.39 is 142 Å². The molecule has 0 saturated carbocycles. The fraction of sp³-hybridized carbons (Fsp3) is 0.947. The second-order valence-electron chi connectivity index (χ2n) is 22.7. The number of aliphatic hydroxyl groups excluding tert-OH is 11. The Bertz CT molecular complexity index is 1550. The van der Waals surface area contributed by atoms with E-state index >= 15 is 0 Å². The number of carboxylic acid groups (broad SMARTS) is 1. The number of aliphatic carboxylic acids is 1. The summed E-state index contributed by atoms with van der Waals surface area (Å²) in [6.07, 6.45) is 9.47. The number of hydrogen-bond donors (Lipinski definition) is 14. The molecule has 78 heavy (non-hydrogen) atoms. The van der Waals surface area contributed by atoms with Gasteiger partial charge < -0.3 is 90.9 Å². The number of unbranched alkanes of at least 4 members (excludes halogenated alkanes) is 25. The summed E-state index contributed by atoms with van der Waals surface area (Å²) in [7, 11) is 0. The first-order valence-corrected chi connectivity index (χ1v) is 30.1. The topological polar surface area (TPSA) is 355 Å². The van der Waals surface area contributed by atoms with Crippen LogP contribution in [0.15, 0.2) is 0 Å². The van der Waals surface area contributed by atoms with Gasteiger partial charge in [-0.2, -0.15) is 0 Å². The molecule has 2 saturated heterocycles. The van der Waals surface area contributed by atoms with Crippen molar-refractivity contribution >= 4 is 17.8 Å². The number of rotatable bonds is 47. The van der Waals surface area contributed by atoms with Crippen molar-refractivity contribution in [3.63, 3.8) is 0 Å². The van der Waals surface area contributed by atoms with Gasteiger partial charge in [-0.15, -0.1) is 0 Å². The first-order chi connectivity index (χ1) is 37.3. The molecule has 0 aliphatic carbocycles. The van der Waals surface area contributed by atoms with Gasteiger partial charge in [-0.1, -0.05) is 201 Å². The molecule has 0 spiro atoms. The van der Waals surface area contributed by atoms with E-state index in [-0.39, 0.29) is 12.8 Å². The second kappa shape index (κ2) is 41.7. The van der Waals surface area contributed by atoms with Crippen LogP contribution in [-0.4, -0.2) is 197 Å². The molecule has 0 bridgehead atoms. The van der Waals surface area contributed by atoms with E-state index in [2.05, 4.69) is 31.4 Å². The molecule has 0 radical (unpaired) electrons. The van der Waals surface area contributed by atoms with Crippen molar-refractivity contribution in [3.8, 4) is 0 Å². The smallest absolute Gasteiger partial charge is 0.364 e. The number of amides is 2. The van der Waals surface area contributed by atoms with Crippen LogP contribution in [0.3, 0.4) is 0 Å². The van der Waals surface area contributed by atoms with Gasteiger partial charge in [0.2, 0.25) is 11.8 Å². The Morgan fingerprint density at radius 3 is 1.56 bits per heavy atom. The number of ether oxygens (including phenoxy) is 4. The van der Waals surface area contributed by atoms with Gasteiger partial charge in [0.15, 0.2) is 6.29 Å². The molecule has 2 aliphatic heterocycles. The molecule has 2 rings (SSSR count). The highest BCUT2D eigenvalue weighted by molar-refractivity contribution is 5.80. The van der Waals surface area contributed by atoms with E-state index in [0.29, 0.717) is 18.8 Å². The average Bonchev–Trinajstić information content (AvgIpc) is 3.49. The standard InChI is InChI=1S/C57H108N2O19/c1-4-5-6-7-8-9-10-11-12-13-14-15-16-17-20-24-27-30-33-42(63)54(72)58-40(48(67)41(62)32-29-26-23-21-18-19-22-25-28-31-39(2)3)37-75-55-52(71)51(70)50(69)45(77-55)38-76-57(56(73)74)34-43(64)47(59-46(66)36-61)53(78-57)49(68)44(65)35-60/h39-45,47-53,55,60-65,67-71H,4-38H2,1-3H3,(H,58,72)(H,59,66)(H,73,74)/t40-,41+,42+,43-,44+,45+,47?,48-,49+,50+,51-,52+,53+,55+,57+/m0/s1. The van der Waals surface area contributed by atoms with Crippen molar-refractivity contribution in [1.29, 1.82) is 0 Å². The Kier molecular flexibility index (Phi) is 38.5. The van der Waals surface area contributed by atoms with Gasteiger partial charge >= 0.3 is 5.97 Å². The van der Waals surface area contributed by atoms with Crippen molar-refractivity contribution < 1.29 is 94.6 Å². The maximum absolute atomic E-state index is 13.5. The molecule has 15 atom stereocenters. The number of carbonyl (C=O) groups excluding carboxylic acids is 2. The number of carbonyl (C=O) groups is 3. The summed E-state index contributed by atoms with van der Waals surface area (Å²) in [5.41, 5.74) is 0. The van der Waals surface area contributed by atoms with Crippen LogP contribution in [0.5, 0.6) is 0 Å². The minimum absolute atomic E-state index is 0.142. The van der Waals surface area contributed by atoms with Crippen LogP contribution in [0, 0.1) is 5.92 Å². The summed E-state index contributed by atoms with van der Waals surface area (Å²) < 4.78 is 22.7. The number of aliphatic hydroxyl groups is 11. The van der Waals surface area contributed by atoms with Gasteiger partial charge in [0, 0.05) is 6.42 Å². The molecular formula is C57H108N2O19. The molecule has 0 aromatic carbocycles. The lowest BCUT2D eigenvalue weighted by atomic mass is 9.88. The SMILES string of the molecule is CCCCCCCCCCCCCCCCCCCC[C@@H](O)C(=O)N[C@@H](CO[C@@H]1O[C@H](CO[C@]2(C(=O)O)C[C@H](O)C(NC(=O)CO)[C@H]([C@H](O)[C@H](O)CO)O2)[C@@H](O)[C@H](O)[C@H]1O)[C@H](O)[C@H](O)CCCCCCCCCCCC(C)C. The largest absolute Gasteiger partial charge is 0.477 e. The summed E-state index contributed by atoms with van der Waals surface area (Å²) in [5.74, 6) is -5.97. The zero-order chi connectivity index (χ0) is 57.9. The van der Waals surface area contributed by atoms with Crippen molar-refractivity contribution in [2.45, 2.75) is 311 Å². The van der Waals surface area contributed by atoms with Gasteiger partial charge in [0.25, 0.3) is 5.79 Å². The Balaban J connectivity index is 2.04. The summed E-state index contributed by atoms with van der Waals surface area (Å²) >= 11 is 0. The number of nitrogens with one attached hydrogen (secondary N) is 2. The van der Waals surface area contributed by atoms with E-state index in [9.17, 15) is 75.7 Å². The Morgan fingerprint density at radius 2 is 1.10 bits per heavy atom. The van der Waals surface area contributed by atoms with E-state index in [0.717, 1.165) is 57.8 Å². The minimum atomic E-state index is -2.89. The Hall–Kier alpha value is -2.19. The average molecular weight is 1130 g/mol. The molecule has 460 valence electrons. The monoisotopic (exact) mass is 1120 g/mol. The predicted molar refractivity (Wildman–Crippen MR) is 292 cm³/mol. The summed E-state index contributed by atoms with van der Waals surface area (Å²) in [6.45, 7) is 2.95. The number of hydrogen-bond acceptors (Lipinski definition) is 18. The molecule has 14 N–H and O–H groups in total. The molecule has 2 amide bonds. The second-order valence-corrected chi connectivity index (χ2v) is 22.7. The third kappa shape index (κ3) is 27.7. The molecule has 0 aromatic heterocycles. The van der Waals surface area contributed by atoms with E-state index in [1.165, 1.54) is 109 Å². The highest BCUT2D eigenvalue weighted by Gasteiger charge is 2.57. The molecule has 21 heteroatoms. The molecule has 21 nitrogen and oxygen atoms in total. The van der Waals surface area contributed by atoms with E-state index in [4.69, 9.17) is 18.9 Å². The first kappa shape index (κ1) is 71.9. The van der Waals surface area contributed by atoms with Crippen LogP contribution < -0.4 is 10.6 Å². The summed E-state index contributed by atoms with van der Waals surface area (Å²) in [4.78, 5) is 38.3. The van der Waals surface area contributed by atoms with E-state index in [1.807, 2.05) is 0 Å². The minimum Gasteiger partial charge on any atom is -0.477 e. The van der Waals surface area contributed by atoms with E-state index in [1.54, 1.807) is 0 Å². The van der Waals surface area contributed by atoms with Crippen molar-refractivity contribution in [2.24, 2.45) is 5.92 Å². The quantitative estimate of drug-likeness (QED) is 0.0384. The molecule has 2 fully saturated rings. The zero-order valence-corrected chi connectivity index (χ0v) is 47.6. The van der Waals surface area contributed by atoms with Crippen LogP contribution >= 0.6 is 0 Å². The first-order valence-electron chi connectivity index (χ1n) is 30.1. The highest BCUT2D eigenvalue weighted by Crippen LogP contribution is 2.35. The maximum atomic E-state index is 13.5. The van der Waals surface area contributed by atoms with Gasteiger partial charge in [-0.25, -0.2) is 4.79 Å². The summed E-state index contributed by atoms with van der Waals surface area (Å²) in [6, 6.07) is -3.03. The van der Waals surface area contributed by atoms with Crippen LogP contribution in [0.1, 0.15) is 220 Å². The van der Waals surface area contributed by atoms with Crippen LogP contribution in [-0.2, 0) is 33.3 Å². The Labute approximate surface area is 465 Å². The fourth-order valence-electron chi connectivity index (χ4n) is 10.3. The maximum Gasteiger partial charge on any atom is 0.364 e. The number of carboxylic acids is 1. The molecule has 1 unspecified atom stereocenters. The highest BCUT2D eigenvalue weighted by atomic mass is 16.7. The Morgan fingerprint density at radius 1 is 0.628 bits per heavy atom. The van der Waals surface area contributed by atoms with Crippen LogP contribution in [0.2, 0.25) is 0 Å². The van der Waals surface area contributed by atoms with Gasteiger partial charge in [-0.05, 0) is 18.8 Å². The third-order valence-electron chi connectivity index (χ3n) is 15.4. The lowest BCUT2D eigenvalue weighted by Gasteiger charge is -2.47. The van der Waals surface area contributed by atoms with Crippen molar-refractivity contribution in [3.05, 3.63) is 0 Å². The van der Waals surface area contributed by atoms with Gasteiger partial charge in [0.05, 0.1) is 44.1 Å². The van der Waals surface area contributed by atoms with Gasteiger partial charge in [-0.3, -0.25) is 9.59 Å². The lowest BCUT2D eigenvalue weighted by molar-refractivity contribution is -0.339. The van der Waals surface area contributed by atoms with Crippen molar-refractivity contribution in [1.82, 2.24) is 10.6 Å². The van der Waals surface area contributed by atoms with Crippen LogP contribution in [0.25, 0.3) is 0 Å². The molecular weight excluding hydrogens is 1020 g/mol. The third-order valence-corrected chi connectivity index (χ3v) is 15.4. The zero-order valence-electron chi connectivity index (χ0n) is 47.6. The summed E-state index contributed by atoms with van der Waals surface area (Å²) in [5, 5.41) is 132. The van der Waals surface area contributed by atoms with Crippen LogP contribution in [0.4, 0.5) is 0 Å². The van der Waals surface area contributed by atoms with Crippen molar-refractivity contribution in [2.75, 3.05) is 26.4 Å². The molecule has 0 aromatic rings. The fourth-order valence-corrected chi connectivity index (χ4v) is 10.3. The molecule has 2 heterocycles. The normalized spacial score (nSPS) is 26.0.